The van der Waals surface area contributed by atoms with E-state index in [1.54, 1.807) is 0 Å². The lowest BCUT2D eigenvalue weighted by Crippen LogP contribution is -2.21. The summed E-state index contributed by atoms with van der Waals surface area (Å²) in [7, 11) is 0. The molecule has 0 aliphatic carbocycles. The molecule has 3 heterocycles. The zero-order valence-electron chi connectivity index (χ0n) is 16.2. The molecule has 0 saturated carbocycles. The molecule has 0 bridgehead atoms. The first-order valence-corrected chi connectivity index (χ1v) is 9.81. The van der Waals surface area contributed by atoms with Crippen LogP contribution >= 0.6 is 0 Å². The Morgan fingerprint density at radius 3 is 2.50 bits per heavy atom. The Hall–Kier alpha value is -4.01. The van der Waals surface area contributed by atoms with Gasteiger partial charge in [-0.15, -0.1) is 10.2 Å². The van der Waals surface area contributed by atoms with Gasteiger partial charge in [0.2, 0.25) is 17.8 Å². The molecular weight excluding hydrogens is 380 g/mol. The summed E-state index contributed by atoms with van der Waals surface area (Å²) < 4.78 is 0. The molecule has 2 aromatic carbocycles. The van der Waals surface area contributed by atoms with E-state index in [2.05, 4.69) is 40.4 Å². The highest BCUT2D eigenvalue weighted by molar-refractivity contribution is 5.94. The zero-order valence-corrected chi connectivity index (χ0v) is 16.2. The SMILES string of the molecule is Oc1[nH]c2ccccc2c1N=Nc1nc(Nc2ccccc2)nc(N2CCCC2)n1. The van der Waals surface area contributed by atoms with Gasteiger partial charge >= 0.3 is 0 Å². The van der Waals surface area contributed by atoms with E-state index in [-0.39, 0.29) is 11.8 Å². The van der Waals surface area contributed by atoms with Crippen molar-refractivity contribution in [1.82, 2.24) is 19.9 Å². The Labute approximate surface area is 172 Å². The van der Waals surface area contributed by atoms with Crippen LogP contribution in [0.5, 0.6) is 5.88 Å². The molecule has 1 aliphatic rings. The van der Waals surface area contributed by atoms with Gasteiger partial charge in [0.1, 0.15) is 0 Å². The molecular formula is C21H20N8O. The van der Waals surface area contributed by atoms with Crippen molar-refractivity contribution in [3.63, 3.8) is 0 Å². The van der Waals surface area contributed by atoms with Gasteiger partial charge in [0.25, 0.3) is 5.95 Å². The second-order valence-electron chi connectivity index (χ2n) is 7.01. The summed E-state index contributed by atoms with van der Waals surface area (Å²) in [5.41, 5.74) is 2.00. The summed E-state index contributed by atoms with van der Waals surface area (Å²) in [6.07, 6.45) is 2.21. The van der Waals surface area contributed by atoms with Crippen molar-refractivity contribution in [3.05, 3.63) is 54.6 Å². The van der Waals surface area contributed by atoms with Crippen LogP contribution < -0.4 is 10.2 Å². The number of aromatic amines is 1. The third-order valence-corrected chi connectivity index (χ3v) is 4.93. The number of para-hydroxylation sites is 2. The number of H-pyrrole nitrogens is 1. The molecule has 5 rings (SSSR count). The van der Waals surface area contributed by atoms with Gasteiger partial charge in [-0.3, -0.25) is 0 Å². The highest BCUT2D eigenvalue weighted by atomic mass is 16.3. The van der Waals surface area contributed by atoms with Gasteiger partial charge in [-0.25, -0.2) is 0 Å². The minimum Gasteiger partial charge on any atom is -0.493 e. The molecule has 0 unspecified atom stereocenters. The molecule has 1 aliphatic heterocycles. The standard InChI is InChI=1S/C21H20N8O/c30-18-17(15-10-4-5-11-16(15)23-18)27-28-20-24-19(22-14-8-2-1-3-9-14)25-21(26-20)29-12-6-7-13-29/h1-5,8-11,23,30H,6-7,12-13H2,(H,22,24,25,26). The fourth-order valence-electron chi connectivity index (χ4n) is 3.47. The fourth-order valence-corrected chi connectivity index (χ4v) is 3.47. The van der Waals surface area contributed by atoms with Gasteiger partial charge in [-0.05, 0) is 31.0 Å². The Kier molecular flexibility index (Phi) is 4.68. The van der Waals surface area contributed by atoms with Crippen LogP contribution in [0, 0.1) is 0 Å². The summed E-state index contributed by atoms with van der Waals surface area (Å²) >= 11 is 0. The summed E-state index contributed by atoms with van der Waals surface area (Å²) in [6.45, 7) is 1.79. The minimum atomic E-state index is -0.0450. The highest BCUT2D eigenvalue weighted by Gasteiger charge is 2.18. The Balaban J connectivity index is 1.51. The van der Waals surface area contributed by atoms with Crippen LogP contribution in [0.25, 0.3) is 10.9 Å². The number of aromatic nitrogens is 4. The van der Waals surface area contributed by atoms with Crippen LogP contribution in [-0.2, 0) is 0 Å². The van der Waals surface area contributed by atoms with E-state index in [1.807, 2.05) is 54.6 Å². The van der Waals surface area contributed by atoms with Crippen molar-refractivity contribution in [2.24, 2.45) is 10.2 Å². The van der Waals surface area contributed by atoms with Crippen molar-refractivity contribution >= 4 is 40.1 Å². The minimum absolute atomic E-state index is 0.0450. The zero-order chi connectivity index (χ0) is 20.3. The van der Waals surface area contributed by atoms with Crippen molar-refractivity contribution in [1.29, 1.82) is 0 Å². The van der Waals surface area contributed by atoms with Crippen LogP contribution in [-0.4, -0.2) is 38.1 Å². The van der Waals surface area contributed by atoms with Crippen LogP contribution in [0.15, 0.2) is 64.8 Å². The second-order valence-corrected chi connectivity index (χ2v) is 7.01. The summed E-state index contributed by atoms with van der Waals surface area (Å²) in [4.78, 5) is 18.4. The van der Waals surface area contributed by atoms with E-state index in [0.717, 1.165) is 42.5 Å². The smallest absolute Gasteiger partial charge is 0.275 e. The van der Waals surface area contributed by atoms with E-state index >= 15 is 0 Å². The number of nitrogens with zero attached hydrogens (tertiary/aromatic N) is 6. The first-order chi connectivity index (χ1) is 14.8. The molecule has 1 fully saturated rings. The van der Waals surface area contributed by atoms with Gasteiger partial charge in [0.05, 0.1) is 5.52 Å². The lowest BCUT2D eigenvalue weighted by Gasteiger charge is -2.15. The molecule has 0 atom stereocenters. The average molecular weight is 400 g/mol. The number of benzene rings is 2. The Bertz CT molecular complexity index is 1200. The van der Waals surface area contributed by atoms with Crippen molar-refractivity contribution in [3.8, 4) is 5.88 Å². The normalized spacial score (nSPS) is 14.1. The molecule has 0 amide bonds. The monoisotopic (exact) mass is 400 g/mol. The maximum absolute atomic E-state index is 10.2. The van der Waals surface area contributed by atoms with Gasteiger partial charge in [0.15, 0.2) is 5.69 Å². The molecule has 2 aromatic heterocycles. The predicted molar refractivity (Wildman–Crippen MR) is 115 cm³/mol. The van der Waals surface area contributed by atoms with Crippen molar-refractivity contribution < 1.29 is 5.11 Å². The summed E-state index contributed by atoms with van der Waals surface area (Å²) in [5.74, 6) is 1.10. The third-order valence-electron chi connectivity index (χ3n) is 4.93. The number of aromatic hydroxyl groups is 1. The lowest BCUT2D eigenvalue weighted by atomic mass is 10.2. The molecule has 0 radical (unpaired) electrons. The lowest BCUT2D eigenvalue weighted by molar-refractivity contribution is 0.459. The molecule has 9 nitrogen and oxygen atoms in total. The predicted octanol–water partition coefficient (Wildman–Crippen LogP) is 4.82. The molecule has 30 heavy (non-hydrogen) atoms. The molecule has 0 spiro atoms. The Morgan fingerprint density at radius 1 is 0.900 bits per heavy atom. The number of rotatable bonds is 5. The summed E-state index contributed by atoms with van der Waals surface area (Å²) in [5, 5.41) is 22.6. The maximum atomic E-state index is 10.2. The molecule has 4 aromatic rings. The van der Waals surface area contributed by atoms with Gasteiger partial charge < -0.3 is 20.3 Å². The van der Waals surface area contributed by atoms with Crippen LogP contribution in [0.2, 0.25) is 0 Å². The van der Waals surface area contributed by atoms with E-state index in [4.69, 9.17) is 0 Å². The van der Waals surface area contributed by atoms with E-state index in [9.17, 15) is 5.11 Å². The molecule has 1 saturated heterocycles. The molecule has 9 heteroatoms. The number of fused-ring (bicyclic) bond motifs is 1. The number of azo groups is 1. The molecule has 3 N–H and O–H groups in total. The fraction of sp³-hybridized carbons (Fsp3) is 0.190. The topological polar surface area (TPSA) is 115 Å². The van der Waals surface area contributed by atoms with Crippen molar-refractivity contribution in [2.45, 2.75) is 12.8 Å². The highest BCUT2D eigenvalue weighted by Crippen LogP contribution is 2.36. The molecule has 150 valence electrons. The van der Waals surface area contributed by atoms with E-state index in [1.165, 1.54) is 0 Å². The van der Waals surface area contributed by atoms with Crippen molar-refractivity contribution in [2.75, 3.05) is 23.3 Å². The maximum Gasteiger partial charge on any atom is 0.275 e. The van der Waals surface area contributed by atoms with E-state index in [0.29, 0.717) is 17.6 Å². The second kappa shape index (κ2) is 7.78. The average Bonchev–Trinajstić information content (AvgIpc) is 3.41. The first-order valence-electron chi connectivity index (χ1n) is 9.81. The number of nitrogens with one attached hydrogen (secondary N) is 2. The number of hydrogen-bond donors (Lipinski definition) is 3. The van der Waals surface area contributed by atoms with Crippen LogP contribution in [0.4, 0.5) is 29.2 Å². The van der Waals surface area contributed by atoms with E-state index < -0.39 is 0 Å². The largest absolute Gasteiger partial charge is 0.493 e. The van der Waals surface area contributed by atoms with Crippen LogP contribution in [0.1, 0.15) is 12.8 Å². The number of anilines is 3. The summed E-state index contributed by atoms with van der Waals surface area (Å²) in [6, 6.07) is 17.2. The third kappa shape index (κ3) is 3.64. The number of hydrogen-bond acceptors (Lipinski definition) is 8. The Morgan fingerprint density at radius 2 is 1.67 bits per heavy atom. The van der Waals surface area contributed by atoms with Gasteiger partial charge in [0, 0.05) is 24.2 Å². The van der Waals surface area contributed by atoms with Crippen LogP contribution in [0.3, 0.4) is 0 Å². The quantitative estimate of drug-likeness (QED) is 0.414. The van der Waals surface area contributed by atoms with Gasteiger partial charge in [-0.1, -0.05) is 36.4 Å². The first kappa shape index (κ1) is 18.0. The van der Waals surface area contributed by atoms with Gasteiger partial charge in [-0.2, -0.15) is 15.0 Å².